The van der Waals surface area contributed by atoms with Crippen molar-refractivity contribution in [3.8, 4) is 0 Å². The van der Waals surface area contributed by atoms with Crippen molar-refractivity contribution >= 4 is 0 Å². The van der Waals surface area contributed by atoms with E-state index in [4.69, 9.17) is 0 Å². The van der Waals surface area contributed by atoms with Crippen LogP contribution in [-0.2, 0) is 0 Å². The van der Waals surface area contributed by atoms with Crippen LogP contribution in [0.3, 0.4) is 0 Å². The molecule has 0 bridgehead atoms. The number of hydrogen-bond donors (Lipinski definition) is 1. The van der Waals surface area contributed by atoms with Crippen LogP contribution >= 0.6 is 0 Å². The summed E-state index contributed by atoms with van der Waals surface area (Å²) in [6.45, 7) is 2.21. The van der Waals surface area contributed by atoms with Crippen LogP contribution in [0.15, 0.2) is 0 Å². The fourth-order valence-electron chi connectivity index (χ4n) is 1.63. The van der Waals surface area contributed by atoms with E-state index >= 15 is 0 Å². The lowest BCUT2D eigenvalue weighted by molar-refractivity contribution is 0.0998. The van der Waals surface area contributed by atoms with Crippen molar-refractivity contribution in [2.45, 2.75) is 45.1 Å². The largest absolute Gasteiger partial charge is 0.393 e. The standard InChI is InChI=1S/C8H16O/c1-2-7-4-3-5-8(9)6-7/h7-9H,2-6H2,1H3/t7-,8+/m0/s1. The van der Waals surface area contributed by atoms with Crippen LogP contribution in [-0.4, -0.2) is 11.2 Å². The molecule has 0 aromatic rings. The minimum absolute atomic E-state index is 0.0173. The average molecular weight is 128 g/mol. The molecule has 1 saturated carbocycles. The van der Waals surface area contributed by atoms with E-state index in [9.17, 15) is 5.11 Å². The average Bonchev–Trinajstić information content (AvgIpc) is 1.88. The van der Waals surface area contributed by atoms with Gasteiger partial charge in [0.2, 0.25) is 0 Å². The normalized spacial score (nSPS) is 36.7. The monoisotopic (exact) mass is 128 g/mol. The van der Waals surface area contributed by atoms with Gasteiger partial charge in [-0.3, -0.25) is 0 Å². The first-order valence-corrected chi connectivity index (χ1v) is 4.01. The lowest BCUT2D eigenvalue weighted by atomic mass is 9.86. The van der Waals surface area contributed by atoms with E-state index in [-0.39, 0.29) is 6.10 Å². The van der Waals surface area contributed by atoms with E-state index in [0.717, 1.165) is 18.8 Å². The molecule has 0 aromatic carbocycles. The molecule has 1 nitrogen and oxygen atoms in total. The molecule has 0 spiro atoms. The second-order valence-corrected chi connectivity index (χ2v) is 3.09. The second kappa shape index (κ2) is 3.21. The van der Waals surface area contributed by atoms with Crippen molar-refractivity contribution in [2.24, 2.45) is 5.92 Å². The molecule has 1 rings (SSSR count). The van der Waals surface area contributed by atoms with Gasteiger partial charge in [-0.05, 0) is 18.8 Å². The fraction of sp³-hybridized carbons (Fsp3) is 1.00. The van der Waals surface area contributed by atoms with E-state index in [1.807, 2.05) is 0 Å². The van der Waals surface area contributed by atoms with E-state index in [1.165, 1.54) is 19.3 Å². The highest BCUT2D eigenvalue weighted by molar-refractivity contribution is 4.70. The molecular weight excluding hydrogens is 112 g/mol. The summed E-state index contributed by atoms with van der Waals surface area (Å²) >= 11 is 0. The topological polar surface area (TPSA) is 20.2 Å². The quantitative estimate of drug-likeness (QED) is 0.572. The molecule has 0 amide bonds. The predicted octanol–water partition coefficient (Wildman–Crippen LogP) is 1.95. The Bertz CT molecular complexity index is 80.6. The van der Waals surface area contributed by atoms with Crippen LogP contribution in [0.5, 0.6) is 0 Å². The lowest BCUT2D eigenvalue weighted by Gasteiger charge is -2.24. The summed E-state index contributed by atoms with van der Waals surface area (Å²) in [7, 11) is 0. The first kappa shape index (κ1) is 7.07. The highest BCUT2D eigenvalue weighted by atomic mass is 16.3. The summed E-state index contributed by atoms with van der Waals surface area (Å²) in [5, 5.41) is 9.21. The maximum atomic E-state index is 9.21. The zero-order chi connectivity index (χ0) is 6.69. The second-order valence-electron chi connectivity index (χ2n) is 3.09. The fourth-order valence-corrected chi connectivity index (χ4v) is 1.63. The zero-order valence-electron chi connectivity index (χ0n) is 6.14. The molecule has 1 aliphatic carbocycles. The van der Waals surface area contributed by atoms with Gasteiger partial charge in [0.15, 0.2) is 0 Å². The third-order valence-corrected chi connectivity index (χ3v) is 2.33. The molecule has 1 heteroatoms. The van der Waals surface area contributed by atoms with Gasteiger partial charge in [-0.25, -0.2) is 0 Å². The third kappa shape index (κ3) is 1.98. The summed E-state index contributed by atoms with van der Waals surface area (Å²) in [5.74, 6) is 0.814. The molecule has 2 atom stereocenters. The highest BCUT2D eigenvalue weighted by Crippen LogP contribution is 2.25. The predicted molar refractivity (Wildman–Crippen MR) is 38.3 cm³/mol. The molecule has 1 aliphatic rings. The highest BCUT2D eigenvalue weighted by Gasteiger charge is 2.17. The van der Waals surface area contributed by atoms with Crippen LogP contribution in [0.2, 0.25) is 0 Å². The molecule has 9 heavy (non-hydrogen) atoms. The van der Waals surface area contributed by atoms with Gasteiger partial charge in [-0.15, -0.1) is 0 Å². The van der Waals surface area contributed by atoms with Gasteiger partial charge in [0.05, 0.1) is 6.10 Å². The zero-order valence-corrected chi connectivity index (χ0v) is 6.14. The van der Waals surface area contributed by atoms with Gasteiger partial charge >= 0.3 is 0 Å². The molecule has 54 valence electrons. The molecule has 1 fully saturated rings. The van der Waals surface area contributed by atoms with Crippen LogP contribution in [0.25, 0.3) is 0 Å². The van der Waals surface area contributed by atoms with Crippen molar-refractivity contribution < 1.29 is 5.11 Å². The maximum Gasteiger partial charge on any atom is 0.0542 e. The Morgan fingerprint density at radius 3 is 2.67 bits per heavy atom. The summed E-state index contributed by atoms with van der Waals surface area (Å²) in [4.78, 5) is 0. The summed E-state index contributed by atoms with van der Waals surface area (Å²) in [5.41, 5.74) is 0. The summed E-state index contributed by atoms with van der Waals surface area (Å²) in [6.07, 6.45) is 5.93. The number of hydrogen-bond acceptors (Lipinski definition) is 1. The molecule has 0 heterocycles. The summed E-state index contributed by atoms with van der Waals surface area (Å²) < 4.78 is 0. The SMILES string of the molecule is CC[C@H]1CCC[C@@H](O)C1. The number of aliphatic hydroxyl groups excluding tert-OH is 1. The first-order valence-electron chi connectivity index (χ1n) is 4.01. The Labute approximate surface area is 57.1 Å². The van der Waals surface area contributed by atoms with E-state index in [1.54, 1.807) is 0 Å². The van der Waals surface area contributed by atoms with Crippen molar-refractivity contribution in [1.82, 2.24) is 0 Å². The molecule has 0 aromatic heterocycles. The molecule has 1 N–H and O–H groups in total. The Morgan fingerprint density at radius 1 is 1.44 bits per heavy atom. The van der Waals surface area contributed by atoms with Gasteiger partial charge in [0, 0.05) is 0 Å². The van der Waals surface area contributed by atoms with E-state index < -0.39 is 0 Å². The summed E-state index contributed by atoms with van der Waals surface area (Å²) in [6, 6.07) is 0. The number of rotatable bonds is 1. The maximum absolute atomic E-state index is 9.21. The Morgan fingerprint density at radius 2 is 2.22 bits per heavy atom. The van der Waals surface area contributed by atoms with Crippen molar-refractivity contribution in [3.63, 3.8) is 0 Å². The van der Waals surface area contributed by atoms with Crippen LogP contribution in [0.4, 0.5) is 0 Å². The van der Waals surface area contributed by atoms with Gasteiger partial charge in [-0.2, -0.15) is 0 Å². The van der Waals surface area contributed by atoms with Gasteiger partial charge in [0.1, 0.15) is 0 Å². The van der Waals surface area contributed by atoms with Crippen molar-refractivity contribution in [1.29, 1.82) is 0 Å². The van der Waals surface area contributed by atoms with Gasteiger partial charge in [0.25, 0.3) is 0 Å². The minimum Gasteiger partial charge on any atom is -0.393 e. The Balaban J connectivity index is 2.23. The first-order chi connectivity index (χ1) is 4.33. The minimum atomic E-state index is 0.0173. The lowest BCUT2D eigenvalue weighted by Crippen LogP contribution is -2.18. The van der Waals surface area contributed by atoms with E-state index in [0.29, 0.717) is 0 Å². The molecule has 0 radical (unpaired) electrons. The molecule has 0 saturated heterocycles. The van der Waals surface area contributed by atoms with Crippen molar-refractivity contribution in [3.05, 3.63) is 0 Å². The van der Waals surface area contributed by atoms with Crippen LogP contribution in [0, 0.1) is 5.92 Å². The Kier molecular flexibility index (Phi) is 2.52. The molecular formula is C8H16O. The van der Waals surface area contributed by atoms with Crippen molar-refractivity contribution in [2.75, 3.05) is 0 Å². The van der Waals surface area contributed by atoms with E-state index in [2.05, 4.69) is 6.92 Å². The van der Waals surface area contributed by atoms with Gasteiger partial charge < -0.3 is 5.11 Å². The molecule has 0 unspecified atom stereocenters. The van der Waals surface area contributed by atoms with Gasteiger partial charge in [-0.1, -0.05) is 26.2 Å². The van der Waals surface area contributed by atoms with Crippen LogP contribution in [0.1, 0.15) is 39.0 Å². The van der Waals surface area contributed by atoms with Crippen LogP contribution < -0.4 is 0 Å². The number of aliphatic hydroxyl groups is 1. The smallest absolute Gasteiger partial charge is 0.0542 e. The Hall–Kier alpha value is -0.0400. The third-order valence-electron chi connectivity index (χ3n) is 2.33. The molecule has 0 aliphatic heterocycles.